The first-order valence-corrected chi connectivity index (χ1v) is 12.2. The van der Waals surface area contributed by atoms with Gasteiger partial charge in [-0.15, -0.1) is 0 Å². The summed E-state index contributed by atoms with van der Waals surface area (Å²) in [6, 6.07) is 9.27. The SMILES string of the molecule is COc1ccc(CN2CCN3C[C@H](COCCCN4CCCCC4)CC[C@H]3C2)cc1. The normalized spacial score (nSPS) is 26.4. The van der Waals surface area contributed by atoms with E-state index in [0.29, 0.717) is 0 Å². The monoisotopic (exact) mass is 415 g/mol. The summed E-state index contributed by atoms with van der Waals surface area (Å²) in [5, 5.41) is 0. The Labute approximate surface area is 183 Å². The van der Waals surface area contributed by atoms with E-state index in [0.717, 1.165) is 37.5 Å². The number of piperidine rings is 2. The van der Waals surface area contributed by atoms with Crippen LogP contribution in [0.2, 0.25) is 0 Å². The number of rotatable bonds is 9. The summed E-state index contributed by atoms with van der Waals surface area (Å²) < 4.78 is 11.4. The highest BCUT2D eigenvalue weighted by molar-refractivity contribution is 5.27. The second-order valence-corrected chi connectivity index (χ2v) is 9.51. The van der Waals surface area contributed by atoms with Crippen molar-refractivity contribution in [3.63, 3.8) is 0 Å². The Morgan fingerprint density at radius 2 is 1.73 bits per heavy atom. The molecule has 0 aromatic heterocycles. The largest absolute Gasteiger partial charge is 0.497 e. The Morgan fingerprint density at radius 3 is 2.53 bits per heavy atom. The van der Waals surface area contributed by atoms with Gasteiger partial charge < -0.3 is 14.4 Å². The zero-order valence-electron chi connectivity index (χ0n) is 18.9. The van der Waals surface area contributed by atoms with Gasteiger partial charge in [-0.1, -0.05) is 18.6 Å². The molecule has 0 bridgehead atoms. The van der Waals surface area contributed by atoms with Gasteiger partial charge in [0, 0.05) is 51.9 Å². The molecule has 168 valence electrons. The highest BCUT2D eigenvalue weighted by atomic mass is 16.5. The predicted octanol–water partition coefficient (Wildman–Crippen LogP) is 3.48. The maximum atomic E-state index is 6.09. The van der Waals surface area contributed by atoms with Crippen molar-refractivity contribution in [2.75, 3.05) is 66.1 Å². The average molecular weight is 416 g/mol. The molecule has 1 aromatic rings. The third kappa shape index (κ3) is 6.43. The summed E-state index contributed by atoms with van der Waals surface area (Å²) >= 11 is 0. The lowest BCUT2D eigenvalue weighted by Gasteiger charge is -2.46. The zero-order valence-corrected chi connectivity index (χ0v) is 18.9. The van der Waals surface area contributed by atoms with Gasteiger partial charge >= 0.3 is 0 Å². The molecule has 0 spiro atoms. The number of ether oxygens (including phenoxy) is 2. The molecule has 30 heavy (non-hydrogen) atoms. The molecular weight excluding hydrogens is 374 g/mol. The number of piperazine rings is 1. The van der Waals surface area contributed by atoms with Crippen LogP contribution in [0.5, 0.6) is 5.75 Å². The molecule has 3 fully saturated rings. The quantitative estimate of drug-likeness (QED) is 0.576. The van der Waals surface area contributed by atoms with Gasteiger partial charge in [0.25, 0.3) is 0 Å². The van der Waals surface area contributed by atoms with Crippen molar-refractivity contribution in [3.8, 4) is 5.75 Å². The standard InChI is InChI=1S/C25H41N3O2/c1-29-25-10-7-22(8-11-25)18-27-15-16-28-19-23(6-9-24(28)20-27)21-30-17-5-14-26-12-3-2-4-13-26/h7-8,10-11,23-24H,2-6,9,12-21H2,1H3/t23-,24+/m1/s1. The third-order valence-corrected chi connectivity index (χ3v) is 7.22. The van der Waals surface area contributed by atoms with Gasteiger partial charge in [-0.05, 0) is 68.8 Å². The molecule has 1 aromatic carbocycles. The van der Waals surface area contributed by atoms with Crippen LogP contribution in [0.4, 0.5) is 0 Å². The number of hydrogen-bond donors (Lipinski definition) is 0. The number of fused-ring (bicyclic) bond motifs is 1. The summed E-state index contributed by atoms with van der Waals surface area (Å²) in [7, 11) is 1.73. The van der Waals surface area contributed by atoms with E-state index in [1.165, 1.54) is 89.9 Å². The van der Waals surface area contributed by atoms with E-state index in [1.54, 1.807) is 7.11 Å². The topological polar surface area (TPSA) is 28.2 Å². The first-order chi connectivity index (χ1) is 14.8. The number of nitrogens with zero attached hydrogens (tertiary/aromatic N) is 3. The van der Waals surface area contributed by atoms with E-state index in [-0.39, 0.29) is 0 Å². The number of likely N-dealkylation sites (tertiary alicyclic amines) is 1. The summed E-state index contributed by atoms with van der Waals surface area (Å²) in [4.78, 5) is 7.97. The van der Waals surface area contributed by atoms with E-state index >= 15 is 0 Å². The fraction of sp³-hybridized carbons (Fsp3) is 0.760. The summed E-state index contributed by atoms with van der Waals surface area (Å²) in [6.07, 6.45) is 8.03. The Balaban J connectivity index is 1.11. The maximum Gasteiger partial charge on any atom is 0.118 e. The van der Waals surface area contributed by atoms with Crippen LogP contribution in [0.25, 0.3) is 0 Å². The fourth-order valence-electron chi connectivity index (χ4n) is 5.41. The van der Waals surface area contributed by atoms with Crippen molar-refractivity contribution in [1.82, 2.24) is 14.7 Å². The Hall–Kier alpha value is -1.14. The van der Waals surface area contributed by atoms with Crippen molar-refractivity contribution < 1.29 is 9.47 Å². The van der Waals surface area contributed by atoms with Crippen LogP contribution in [0.15, 0.2) is 24.3 Å². The molecule has 2 atom stereocenters. The Kier molecular flexibility index (Phi) is 8.44. The van der Waals surface area contributed by atoms with E-state index in [9.17, 15) is 0 Å². The Morgan fingerprint density at radius 1 is 0.900 bits per heavy atom. The first kappa shape index (κ1) is 22.1. The first-order valence-electron chi connectivity index (χ1n) is 12.2. The van der Waals surface area contributed by atoms with Crippen molar-refractivity contribution in [3.05, 3.63) is 29.8 Å². The second kappa shape index (κ2) is 11.5. The molecule has 3 aliphatic rings. The van der Waals surface area contributed by atoms with Gasteiger partial charge in [-0.25, -0.2) is 0 Å². The zero-order chi connectivity index (χ0) is 20.6. The van der Waals surface area contributed by atoms with E-state index < -0.39 is 0 Å². The smallest absolute Gasteiger partial charge is 0.118 e. The molecule has 0 N–H and O–H groups in total. The minimum atomic E-state index is 0.726. The van der Waals surface area contributed by atoms with Crippen LogP contribution in [0.3, 0.4) is 0 Å². The number of methoxy groups -OCH3 is 1. The number of hydrogen-bond acceptors (Lipinski definition) is 5. The second-order valence-electron chi connectivity index (χ2n) is 9.51. The van der Waals surface area contributed by atoms with Crippen LogP contribution < -0.4 is 4.74 Å². The minimum absolute atomic E-state index is 0.726. The predicted molar refractivity (Wildman–Crippen MR) is 122 cm³/mol. The highest BCUT2D eigenvalue weighted by Gasteiger charge is 2.32. The molecule has 4 rings (SSSR count). The highest BCUT2D eigenvalue weighted by Crippen LogP contribution is 2.26. The van der Waals surface area contributed by atoms with Crippen molar-refractivity contribution in [2.45, 2.75) is 51.1 Å². The molecule has 0 aliphatic carbocycles. The van der Waals surface area contributed by atoms with E-state index in [4.69, 9.17) is 9.47 Å². The van der Waals surface area contributed by atoms with Crippen LogP contribution in [-0.4, -0.2) is 86.9 Å². The van der Waals surface area contributed by atoms with Gasteiger partial charge in [0.15, 0.2) is 0 Å². The molecule has 5 nitrogen and oxygen atoms in total. The van der Waals surface area contributed by atoms with Crippen LogP contribution in [-0.2, 0) is 11.3 Å². The van der Waals surface area contributed by atoms with E-state index in [1.807, 2.05) is 0 Å². The Bertz CT molecular complexity index is 617. The molecule has 0 unspecified atom stereocenters. The van der Waals surface area contributed by atoms with Crippen LogP contribution in [0, 0.1) is 5.92 Å². The van der Waals surface area contributed by atoms with Crippen molar-refractivity contribution in [1.29, 1.82) is 0 Å². The lowest BCUT2D eigenvalue weighted by molar-refractivity contribution is -0.00316. The van der Waals surface area contributed by atoms with Gasteiger partial charge in [0.05, 0.1) is 13.7 Å². The molecular formula is C25H41N3O2. The molecule has 0 saturated carbocycles. The molecule has 3 saturated heterocycles. The lowest BCUT2D eigenvalue weighted by atomic mass is 9.91. The summed E-state index contributed by atoms with van der Waals surface area (Å²) in [6.45, 7) is 11.6. The maximum absolute atomic E-state index is 6.09. The minimum Gasteiger partial charge on any atom is -0.497 e. The van der Waals surface area contributed by atoms with Gasteiger partial charge in [0.2, 0.25) is 0 Å². The third-order valence-electron chi connectivity index (χ3n) is 7.22. The number of benzene rings is 1. The van der Waals surface area contributed by atoms with Crippen molar-refractivity contribution >= 4 is 0 Å². The van der Waals surface area contributed by atoms with Gasteiger partial charge in [0.1, 0.15) is 5.75 Å². The lowest BCUT2D eigenvalue weighted by Crippen LogP contribution is -2.56. The average Bonchev–Trinajstić information content (AvgIpc) is 2.80. The van der Waals surface area contributed by atoms with Crippen LogP contribution in [0.1, 0.15) is 44.1 Å². The molecule has 0 amide bonds. The summed E-state index contributed by atoms with van der Waals surface area (Å²) in [5.41, 5.74) is 1.39. The molecule has 0 radical (unpaired) electrons. The van der Waals surface area contributed by atoms with Crippen LogP contribution >= 0.6 is 0 Å². The van der Waals surface area contributed by atoms with Gasteiger partial charge in [-0.3, -0.25) is 9.80 Å². The fourth-order valence-corrected chi connectivity index (χ4v) is 5.41. The molecule has 3 heterocycles. The van der Waals surface area contributed by atoms with Crippen molar-refractivity contribution in [2.24, 2.45) is 5.92 Å². The van der Waals surface area contributed by atoms with E-state index in [2.05, 4.69) is 39.0 Å². The van der Waals surface area contributed by atoms with Gasteiger partial charge in [-0.2, -0.15) is 0 Å². The summed E-state index contributed by atoms with van der Waals surface area (Å²) in [5.74, 6) is 1.67. The molecule has 3 aliphatic heterocycles. The molecule has 5 heteroatoms.